The first-order chi connectivity index (χ1) is 9.39. The molecule has 0 aliphatic heterocycles. The Bertz CT molecular complexity index is 432. The summed E-state index contributed by atoms with van der Waals surface area (Å²) in [5, 5.41) is 15.7. The molecule has 2 unspecified atom stereocenters. The Balaban J connectivity index is 2.47. The van der Waals surface area contributed by atoms with E-state index in [2.05, 4.69) is 10.6 Å². The molecule has 0 aromatic heterocycles. The highest BCUT2D eigenvalue weighted by molar-refractivity contribution is 7.98. The van der Waals surface area contributed by atoms with Gasteiger partial charge in [-0.15, -0.1) is 11.8 Å². The van der Waals surface area contributed by atoms with Crippen molar-refractivity contribution >= 4 is 23.5 Å². The third-order valence-electron chi connectivity index (χ3n) is 3.63. The van der Waals surface area contributed by atoms with Crippen LogP contribution < -0.4 is 10.6 Å². The smallest absolute Gasteiger partial charge is 0.319 e. The van der Waals surface area contributed by atoms with Gasteiger partial charge in [0.1, 0.15) is 0 Å². The van der Waals surface area contributed by atoms with E-state index in [1.165, 1.54) is 0 Å². The molecule has 0 aliphatic carbocycles. The highest BCUT2D eigenvalue weighted by Crippen LogP contribution is 2.19. The van der Waals surface area contributed by atoms with E-state index in [0.29, 0.717) is 0 Å². The summed E-state index contributed by atoms with van der Waals surface area (Å²) in [6, 6.07) is 7.33. The summed E-state index contributed by atoms with van der Waals surface area (Å²) in [6.07, 6.45) is 2.87. The van der Waals surface area contributed by atoms with Crippen LogP contribution in [0.3, 0.4) is 0 Å². The largest absolute Gasteiger partial charge is 0.388 e. The number of urea groups is 1. The quantitative estimate of drug-likeness (QED) is 0.706. The summed E-state index contributed by atoms with van der Waals surface area (Å²) >= 11 is 1.65. The second-order valence-corrected chi connectivity index (χ2v) is 6.08. The van der Waals surface area contributed by atoms with Crippen LogP contribution in [0, 0.1) is 5.92 Å². The van der Waals surface area contributed by atoms with Crippen molar-refractivity contribution in [1.82, 2.24) is 5.32 Å². The number of hydrogen-bond acceptors (Lipinski definition) is 3. The van der Waals surface area contributed by atoms with E-state index < -0.39 is 5.60 Å². The molecule has 1 aromatic rings. The minimum atomic E-state index is -0.894. The molecule has 20 heavy (non-hydrogen) atoms. The number of anilines is 1. The molecule has 2 atom stereocenters. The van der Waals surface area contributed by atoms with Crippen molar-refractivity contribution in [2.75, 3.05) is 18.1 Å². The predicted molar refractivity (Wildman–Crippen MR) is 85.3 cm³/mol. The van der Waals surface area contributed by atoms with Crippen LogP contribution in [-0.2, 0) is 0 Å². The highest BCUT2D eigenvalue weighted by atomic mass is 32.2. The van der Waals surface area contributed by atoms with Crippen molar-refractivity contribution in [2.45, 2.75) is 37.7 Å². The van der Waals surface area contributed by atoms with Gasteiger partial charge in [-0.05, 0) is 43.4 Å². The summed E-state index contributed by atoms with van der Waals surface area (Å²) in [6.45, 7) is 5.97. The van der Waals surface area contributed by atoms with Gasteiger partial charge < -0.3 is 15.7 Å². The van der Waals surface area contributed by atoms with E-state index in [1.54, 1.807) is 18.7 Å². The molecule has 1 aromatic carbocycles. The maximum absolute atomic E-state index is 11.8. The second-order valence-electron chi connectivity index (χ2n) is 5.20. The van der Waals surface area contributed by atoms with Crippen LogP contribution in [0.5, 0.6) is 0 Å². The zero-order chi connectivity index (χ0) is 15.2. The van der Waals surface area contributed by atoms with Crippen molar-refractivity contribution in [2.24, 2.45) is 5.92 Å². The fourth-order valence-corrected chi connectivity index (χ4v) is 2.13. The molecule has 2 amide bonds. The molecule has 3 N–H and O–H groups in total. The number of nitrogens with one attached hydrogen (secondary N) is 2. The molecule has 0 spiro atoms. The van der Waals surface area contributed by atoms with Crippen molar-refractivity contribution in [3.05, 3.63) is 24.3 Å². The summed E-state index contributed by atoms with van der Waals surface area (Å²) in [7, 11) is 0. The number of aliphatic hydroxyl groups is 1. The average molecular weight is 296 g/mol. The number of benzene rings is 1. The molecule has 0 radical (unpaired) electrons. The SMILES string of the molecule is CCC(C)C(C)(O)CNC(=O)Nc1ccc(SC)cc1. The monoisotopic (exact) mass is 296 g/mol. The molecule has 0 saturated carbocycles. The first-order valence-corrected chi connectivity index (χ1v) is 8.02. The zero-order valence-electron chi connectivity index (χ0n) is 12.6. The molecule has 0 bridgehead atoms. The Morgan fingerprint density at radius 1 is 1.40 bits per heavy atom. The van der Waals surface area contributed by atoms with E-state index in [4.69, 9.17) is 0 Å². The molecule has 0 aliphatic rings. The van der Waals surface area contributed by atoms with Gasteiger partial charge in [-0.3, -0.25) is 0 Å². The average Bonchev–Trinajstić information content (AvgIpc) is 2.45. The van der Waals surface area contributed by atoms with Crippen LogP contribution in [0.4, 0.5) is 10.5 Å². The predicted octanol–water partition coefficient (Wildman–Crippen LogP) is 3.33. The topological polar surface area (TPSA) is 61.4 Å². The molecular weight excluding hydrogens is 272 g/mol. The van der Waals surface area contributed by atoms with Gasteiger partial charge in [-0.25, -0.2) is 4.79 Å². The summed E-state index contributed by atoms with van der Waals surface area (Å²) < 4.78 is 0. The Kier molecular flexibility index (Phi) is 6.36. The van der Waals surface area contributed by atoms with Crippen LogP contribution in [-0.4, -0.2) is 29.5 Å². The number of rotatable bonds is 6. The third kappa shape index (κ3) is 5.06. The molecular formula is C15H24N2O2S. The molecule has 0 fully saturated rings. The normalized spacial score (nSPS) is 15.2. The minimum absolute atomic E-state index is 0.128. The van der Waals surface area contributed by atoms with Gasteiger partial charge in [0.2, 0.25) is 0 Å². The van der Waals surface area contributed by atoms with Crippen LogP contribution in [0.1, 0.15) is 27.2 Å². The number of thioether (sulfide) groups is 1. The fourth-order valence-electron chi connectivity index (χ4n) is 1.72. The van der Waals surface area contributed by atoms with Crippen molar-refractivity contribution in [1.29, 1.82) is 0 Å². The van der Waals surface area contributed by atoms with Crippen LogP contribution in [0.25, 0.3) is 0 Å². The van der Waals surface area contributed by atoms with Gasteiger partial charge in [0, 0.05) is 17.1 Å². The van der Waals surface area contributed by atoms with E-state index >= 15 is 0 Å². The van der Waals surface area contributed by atoms with E-state index in [1.807, 2.05) is 44.4 Å². The van der Waals surface area contributed by atoms with Gasteiger partial charge in [-0.1, -0.05) is 20.3 Å². The van der Waals surface area contributed by atoms with E-state index in [0.717, 1.165) is 17.0 Å². The van der Waals surface area contributed by atoms with E-state index in [-0.39, 0.29) is 18.5 Å². The standard InChI is InChI=1S/C15H24N2O2S/c1-5-11(2)15(3,19)10-16-14(18)17-12-6-8-13(20-4)9-7-12/h6-9,11,19H,5,10H2,1-4H3,(H2,16,17,18). The number of hydrogen-bond donors (Lipinski definition) is 3. The van der Waals surface area contributed by atoms with Crippen LogP contribution in [0.15, 0.2) is 29.2 Å². The van der Waals surface area contributed by atoms with Crippen molar-refractivity contribution in [3.8, 4) is 0 Å². The van der Waals surface area contributed by atoms with Crippen molar-refractivity contribution in [3.63, 3.8) is 0 Å². The maximum atomic E-state index is 11.8. The minimum Gasteiger partial charge on any atom is -0.388 e. The van der Waals surface area contributed by atoms with Crippen molar-refractivity contribution < 1.29 is 9.90 Å². The Morgan fingerprint density at radius 2 is 2.00 bits per heavy atom. The second kappa shape index (κ2) is 7.55. The van der Waals surface area contributed by atoms with Crippen LogP contribution in [0.2, 0.25) is 0 Å². The lowest BCUT2D eigenvalue weighted by Crippen LogP contribution is -2.46. The zero-order valence-corrected chi connectivity index (χ0v) is 13.4. The Labute approximate surface area is 125 Å². The third-order valence-corrected chi connectivity index (χ3v) is 4.37. The van der Waals surface area contributed by atoms with Gasteiger partial charge >= 0.3 is 6.03 Å². The molecule has 4 nitrogen and oxygen atoms in total. The summed E-state index contributed by atoms with van der Waals surface area (Å²) in [5.41, 5.74) is -0.155. The number of carbonyl (C=O) groups excluding carboxylic acids is 1. The lowest BCUT2D eigenvalue weighted by atomic mass is 9.89. The molecule has 0 saturated heterocycles. The van der Waals surface area contributed by atoms with Crippen LogP contribution >= 0.6 is 11.8 Å². The molecule has 1 rings (SSSR count). The first kappa shape index (κ1) is 16.9. The summed E-state index contributed by atoms with van der Waals surface area (Å²) in [5.74, 6) is 0.128. The molecule has 5 heteroatoms. The fraction of sp³-hybridized carbons (Fsp3) is 0.533. The number of carbonyl (C=O) groups is 1. The lowest BCUT2D eigenvalue weighted by molar-refractivity contribution is 0.00827. The van der Waals surface area contributed by atoms with Gasteiger partial charge in [0.15, 0.2) is 0 Å². The maximum Gasteiger partial charge on any atom is 0.319 e. The van der Waals surface area contributed by atoms with Gasteiger partial charge in [0.05, 0.1) is 5.60 Å². The Hall–Kier alpha value is -1.20. The molecule has 112 valence electrons. The highest BCUT2D eigenvalue weighted by Gasteiger charge is 2.27. The lowest BCUT2D eigenvalue weighted by Gasteiger charge is -2.29. The van der Waals surface area contributed by atoms with Gasteiger partial charge in [0.25, 0.3) is 0 Å². The van der Waals surface area contributed by atoms with E-state index in [9.17, 15) is 9.90 Å². The van der Waals surface area contributed by atoms with Gasteiger partial charge in [-0.2, -0.15) is 0 Å². The molecule has 0 heterocycles. The first-order valence-electron chi connectivity index (χ1n) is 6.80. The summed E-state index contributed by atoms with van der Waals surface area (Å²) in [4.78, 5) is 12.9. The number of amides is 2. The Morgan fingerprint density at radius 3 is 2.50 bits per heavy atom.